The maximum absolute atomic E-state index is 11.4. The van der Waals surface area contributed by atoms with Gasteiger partial charge in [-0.15, -0.1) is 0 Å². The lowest BCUT2D eigenvalue weighted by Gasteiger charge is -2.14. The van der Waals surface area contributed by atoms with Crippen molar-refractivity contribution in [2.75, 3.05) is 14.2 Å². The zero-order valence-electron chi connectivity index (χ0n) is 11.9. The highest BCUT2D eigenvalue weighted by molar-refractivity contribution is 5.92. The highest BCUT2D eigenvalue weighted by Gasteiger charge is 2.20. The standard InChI is InChI=1S/C15H15NO5/c1-9-7-8-16-14(12(9)15(17)18)21-13-10(19-2)5-4-6-11(13)20-3/h4-8H,1-3H3,(H,17,18). The Morgan fingerprint density at radius 3 is 2.29 bits per heavy atom. The van der Waals surface area contributed by atoms with Gasteiger partial charge in [-0.3, -0.25) is 0 Å². The fraction of sp³-hybridized carbons (Fsp3) is 0.200. The second kappa shape index (κ2) is 6.13. The highest BCUT2D eigenvalue weighted by Crippen LogP contribution is 2.40. The lowest BCUT2D eigenvalue weighted by molar-refractivity contribution is 0.0692. The van der Waals surface area contributed by atoms with Gasteiger partial charge in [0.25, 0.3) is 0 Å². The van der Waals surface area contributed by atoms with Crippen LogP contribution in [0.3, 0.4) is 0 Å². The monoisotopic (exact) mass is 289 g/mol. The smallest absolute Gasteiger partial charge is 0.341 e. The summed E-state index contributed by atoms with van der Waals surface area (Å²) in [6, 6.07) is 6.73. The topological polar surface area (TPSA) is 77.9 Å². The van der Waals surface area contributed by atoms with Gasteiger partial charge in [0, 0.05) is 6.20 Å². The molecule has 1 N–H and O–H groups in total. The van der Waals surface area contributed by atoms with Crippen LogP contribution in [-0.4, -0.2) is 30.3 Å². The minimum Gasteiger partial charge on any atom is -0.493 e. The first-order valence-corrected chi connectivity index (χ1v) is 6.16. The molecule has 2 rings (SSSR count). The van der Waals surface area contributed by atoms with E-state index in [2.05, 4.69) is 4.98 Å². The number of aromatic nitrogens is 1. The van der Waals surface area contributed by atoms with Gasteiger partial charge in [0.05, 0.1) is 14.2 Å². The van der Waals surface area contributed by atoms with Crippen molar-refractivity contribution in [1.29, 1.82) is 0 Å². The van der Waals surface area contributed by atoms with Gasteiger partial charge in [-0.1, -0.05) is 6.07 Å². The number of carboxylic acid groups (broad SMARTS) is 1. The minimum atomic E-state index is -1.11. The van der Waals surface area contributed by atoms with Gasteiger partial charge in [-0.05, 0) is 30.7 Å². The third-order valence-corrected chi connectivity index (χ3v) is 2.92. The molecule has 0 aliphatic rings. The Hall–Kier alpha value is -2.76. The quantitative estimate of drug-likeness (QED) is 0.911. The van der Waals surface area contributed by atoms with Crippen LogP contribution in [0.15, 0.2) is 30.5 Å². The molecule has 0 amide bonds. The number of benzene rings is 1. The lowest BCUT2D eigenvalue weighted by Crippen LogP contribution is -2.05. The van der Waals surface area contributed by atoms with E-state index in [1.54, 1.807) is 31.2 Å². The molecule has 0 bridgehead atoms. The van der Waals surface area contributed by atoms with Gasteiger partial charge < -0.3 is 19.3 Å². The number of ether oxygens (including phenoxy) is 3. The lowest BCUT2D eigenvalue weighted by atomic mass is 10.1. The van der Waals surface area contributed by atoms with Gasteiger partial charge in [0.15, 0.2) is 11.5 Å². The number of aryl methyl sites for hydroxylation is 1. The number of para-hydroxylation sites is 1. The van der Waals surface area contributed by atoms with Crippen LogP contribution in [-0.2, 0) is 0 Å². The van der Waals surface area contributed by atoms with Crippen molar-refractivity contribution in [3.63, 3.8) is 0 Å². The molecule has 0 unspecified atom stereocenters. The van der Waals surface area contributed by atoms with Crippen LogP contribution in [0.2, 0.25) is 0 Å². The first-order chi connectivity index (χ1) is 10.1. The second-order valence-corrected chi connectivity index (χ2v) is 4.21. The van der Waals surface area contributed by atoms with Gasteiger partial charge in [-0.25, -0.2) is 9.78 Å². The summed E-state index contributed by atoms with van der Waals surface area (Å²) < 4.78 is 16.1. The first-order valence-electron chi connectivity index (χ1n) is 6.16. The Morgan fingerprint density at radius 1 is 1.14 bits per heavy atom. The summed E-state index contributed by atoms with van der Waals surface area (Å²) in [7, 11) is 2.98. The number of pyridine rings is 1. The van der Waals surface area contributed by atoms with E-state index in [4.69, 9.17) is 14.2 Å². The summed E-state index contributed by atoms with van der Waals surface area (Å²) in [5.74, 6) is 0.0147. The van der Waals surface area contributed by atoms with Gasteiger partial charge in [-0.2, -0.15) is 0 Å². The summed E-state index contributed by atoms with van der Waals surface area (Å²) in [6.45, 7) is 1.68. The van der Waals surface area contributed by atoms with Crippen molar-refractivity contribution in [2.24, 2.45) is 0 Å². The first kappa shape index (κ1) is 14.6. The Morgan fingerprint density at radius 2 is 1.76 bits per heavy atom. The second-order valence-electron chi connectivity index (χ2n) is 4.21. The molecule has 0 atom stereocenters. The molecule has 1 aromatic carbocycles. The molecule has 0 spiro atoms. The molecule has 0 saturated heterocycles. The maximum atomic E-state index is 11.4. The van der Waals surface area contributed by atoms with Crippen LogP contribution in [0.1, 0.15) is 15.9 Å². The Kier molecular flexibility index (Phi) is 4.27. The number of hydrogen-bond donors (Lipinski definition) is 1. The molecule has 1 heterocycles. The molecule has 110 valence electrons. The Labute approximate surface area is 121 Å². The van der Waals surface area contributed by atoms with Gasteiger partial charge in [0.2, 0.25) is 11.6 Å². The number of aromatic carboxylic acids is 1. The van der Waals surface area contributed by atoms with Crippen molar-refractivity contribution in [3.8, 4) is 23.1 Å². The molecule has 0 radical (unpaired) electrons. The van der Waals surface area contributed by atoms with E-state index in [0.717, 1.165) is 0 Å². The maximum Gasteiger partial charge on any atom is 0.341 e. The third-order valence-electron chi connectivity index (χ3n) is 2.92. The number of carboxylic acids is 1. The van der Waals surface area contributed by atoms with E-state index in [1.165, 1.54) is 20.4 Å². The van der Waals surface area contributed by atoms with E-state index in [-0.39, 0.29) is 17.2 Å². The summed E-state index contributed by atoms with van der Waals surface area (Å²) in [4.78, 5) is 15.4. The van der Waals surface area contributed by atoms with E-state index < -0.39 is 5.97 Å². The molecule has 2 aromatic rings. The zero-order chi connectivity index (χ0) is 15.4. The normalized spacial score (nSPS) is 10.0. The number of methoxy groups -OCH3 is 2. The van der Waals surface area contributed by atoms with E-state index in [9.17, 15) is 9.90 Å². The number of hydrogen-bond acceptors (Lipinski definition) is 5. The van der Waals surface area contributed by atoms with Crippen molar-refractivity contribution in [2.45, 2.75) is 6.92 Å². The predicted molar refractivity (Wildman–Crippen MR) is 75.6 cm³/mol. The van der Waals surface area contributed by atoms with Crippen LogP contribution in [0.25, 0.3) is 0 Å². The van der Waals surface area contributed by atoms with Crippen molar-refractivity contribution >= 4 is 5.97 Å². The average Bonchev–Trinajstić information content (AvgIpc) is 2.47. The average molecular weight is 289 g/mol. The molecule has 0 fully saturated rings. The van der Waals surface area contributed by atoms with Gasteiger partial charge in [0.1, 0.15) is 5.56 Å². The fourth-order valence-electron chi connectivity index (χ4n) is 1.89. The summed E-state index contributed by atoms with van der Waals surface area (Å²) >= 11 is 0. The van der Waals surface area contributed by atoms with E-state index in [0.29, 0.717) is 17.1 Å². The molecule has 0 aliphatic carbocycles. The Bertz CT molecular complexity index is 647. The molecule has 1 aromatic heterocycles. The molecule has 21 heavy (non-hydrogen) atoms. The Balaban J connectivity index is 2.53. The number of carbonyl (C=O) groups is 1. The summed E-state index contributed by atoms with van der Waals surface area (Å²) in [5.41, 5.74) is 0.562. The summed E-state index contributed by atoms with van der Waals surface area (Å²) in [5, 5.41) is 9.29. The van der Waals surface area contributed by atoms with Crippen LogP contribution < -0.4 is 14.2 Å². The van der Waals surface area contributed by atoms with Crippen molar-refractivity contribution < 1.29 is 24.1 Å². The fourth-order valence-corrected chi connectivity index (χ4v) is 1.89. The molecule has 0 aliphatic heterocycles. The van der Waals surface area contributed by atoms with Crippen LogP contribution in [0, 0.1) is 6.92 Å². The SMILES string of the molecule is COc1cccc(OC)c1Oc1nccc(C)c1C(=O)O. The van der Waals surface area contributed by atoms with E-state index in [1.807, 2.05) is 0 Å². The number of rotatable bonds is 5. The minimum absolute atomic E-state index is 0.00505. The molecule has 6 heteroatoms. The van der Waals surface area contributed by atoms with Crippen molar-refractivity contribution in [3.05, 3.63) is 41.6 Å². The van der Waals surface area contributed by atoms with Gasteiger partial charge >= 0.3 is 5.97 Å². The zero-order valence-corrected chi connectivity index (χ0v) is 11.9. The highest BCUT2D eigenvalue weighted by atomic mass is 16.5. The van der Waals surface area contributed by atoms with Crippen LogP contribution in [0.4, 0.5) is 0 Å². The largest absolute Gasteiger partial charge is 0.493 e. The van der Waals surface area contributed by atoms with E-state index >= 15 is 0 Å². The third kappa shape index (κ3) is 2.89. The molecule has 0 saturated carbocycles. The van der Waals surface area contributed by atoms with Crippen LogP contribution >= 0.6 is 0 Å². The predicted octanol–water partition coefficient (Wildman–Crippen LogP) is 2.90. The molecule has 6 nitrogen and oxygen atoms in total. The number of nitrogens with zero attached hydrogens (tertiary/aromatic N) is 1. The molecular formula is C15H15NO5. The van der Waals surface area contributed by atoms with Crippen LogP contribution in [0.5, 0.6) is 23.1 Å². The molecular weight excluding hydrogens is 274 g/mol. The van der Waals surface area contributed by atoms with Crippen molar-refractivity contribution in [1.82, 2.24) is 4.98 Å². The summed E-state index contributed by atoms with van der Waals surface area (Å²) in [6.07, 6.45) is 1.49.